The monoisotopic (exact) mass is 334 g/mol. The summed E-state index contributed by atoms with van der Waals surface area (Å²) in [6.07, 6.45) is 2.45. The SMILES string of the molecule is O=C([O-])[C@H]1CC[C@H]1C(=O)N1CCN(c2ccc([N+](=O)[O-])c[nH+]2)CC1. The molecule has 24 heavy (non-hydrogen) atoms. The van der Waals surface area contributed by atoms with Crippen molar-refractivity contribution in [1.29, 1.82) is 0 Å². The van der Waals surface area contributed by atoms with Crippen molar-refractivity contribution in [1.82, 2.24) is 4.90 Å². The number of carbonyl (C=O) groups excluding carboxylic acids is 2. The van der Waals surface area contributed by atoms with Crippen molar-refractivity contribution in [2.75, 3.05) is 31.1 Å². The second-order valence-corrected chi connectivity index (χ2v) is 6.11. The maximum absolute atomic E-state index is 12.4. The number of rotatable bonds is 4. The second-order valence-electron chi connectivity index (χ2n) is 6.11. The Hall–Kier alpha value is -2.71. The number of nitro groups is 1. The Morgan fingerprint density at radius 2 is 1.79 bits per heavy atom. The van der Waals surface area contributed by atoms with Crippen LogP contribution in [-0.4, -0.2) is 47.9 Å². The predicted molar refractivity (Wildman–Crippen MR) is 79.7 cm³/mol. The number of nitrogens with zero attached hydrogens (tertiary/aromatic N) is 3. The van der Waals surface area contributed by atoms with Crippen LogP contribution < -0.4 is 15.0 Å². The summed E-state index contributed by atoms with van der Waals surface area (Å²) >= 11 is 0. The van der Waals surface area contributed by atoms with Gasteiger partial charge in [-0.3, -0.25) is 19.8 Å². The fourth-order valence-electron chi connectivity index (χ4n) is 3.20. The van der Waals surface area contributed by atoms with Gasteiger partial charge in [0.25, 0.3) is 5.82 Å². The highest BCUT2D eigenvalue weighted by atomic mass is 16.6. The number of aromatic amines is 1. The van der Waals surface area contributed by atoms with Gasteiger partial charge in [-0.15, -0.1) is 0 Å². The van der Waals surface area contributed by atoms with E-state index in [4.69, 9.17) is 0 Å². The molecule has 0 spiro atoms. The van der Waals surface area contributed by atoms with E-state index >= 15 is 0 Å². The number of aromatic nitrogens is 1. The van der Waals surface area contributed by atoms with Crippen molar-refractivity contribution >= 4 is 23.4 Å². The zero-order valence-electron chi connectivity index (χ0n) is 13.0. The van der Waals surface area contributed by atoms with Gasteiger partial charge in [-0.2, -0.15) is 0 Å². The Morgan fingerprint density at radius 1 is 1.12 bits per heavy atom. The molecular weight excluding hydrogens is 316 g/mol. The van der Waals surface area contributed by atoms with Crippen LogP contribution in [0.15, 0.2) is 18.3 Å². The smallest absolute Gasteiger partial charge is 0.308 e. The van der Waals surface area contributed by atoms with E-state index in [9.17, 15) is 24.8 Å². The molecule has 2 heterocycles. The largest absolute Gasteiger partial charge is 0.550 e. The van der Waals surface area contributed by atoms with Crippen molar-refractivity contribution in [2.24, 2.45) is 11.8 Å². The average Bonchev–Trinajstić information content (AvgIpc) is 2.53. The molecule has 1 aliphatic heterocycles. The zero-order chi connectivity index (χ0) is 17.3. The van der Waals surface area contributed by atoms with Crippen LogP contribution >= 0.6 is 0 Å². The molecule has 1 aliphatic carbocycles. The standard InChI is InChI=1S/C15H18N4O5/c20-14(11-2-3-12(11)15(21)22)18-7-5-17(6-8-18)13-4-1-10(9-16-13)19(23)24/h1,4,9,11-12H,2-3,5-8H2,(H,21,22)/t11-,12+/m1/s1. The number of amides is 1. The molecule has 2 atom stereocenters. The van der Waals surface area contributed by atoms with E-state index in [2.05, 4.69) is 4.98 Å². The van der Waals surface area contributed by atoms with Crippen molar-refractivity contribution in [3.8, 4) is 0 Å². The maximum atomic E-state index is 12.4. The highest BCUT2D eigenvalue weighted by Gasteiger charge is 2.40. The number of aliphatic carboxylic acids is 1. The van der Waals surface area contributed by atoms with E-state index in [0.717, 1.165) is 5.82 Å². The first-order valence-electron chi connectivity index (χ1n) is 7.88. The maximum Gasteiger partial charge on any atom is 0.308 e. The van der Waals surface area contributed by atoms with Gasteiger partial charge in [0, 0.05) is 29.9 Å². The van der Waals surface area contributed by atoms with Crippen molar-refractivity contribution in [3.63, 3.8) is 0 Å². The van der Waals surface area contributed by atoms with Gasteiger partial charge in [-0.25, -0.2) is 4.98 Å². The summed E-state index contributed by atoms with van der Waals surface area (Å²) in [4.78, 5) is 40.1. The molecule has 1 saturated heterocycles. The van der Waals surface area contributed by atoms with Crippen LogP contribution in [-0.2, 0) is 9.59 Å². The third kappa shape index (κ3) is 3.01. The minimum atomic E-state index is -1.14. The normalized spacial score (nSPS) is 23.5. The van der Waals surface area contributed by atoms with Crippen LogP contribution in [0.5, 0.6) is 0 Å². The van der Waals surface area contributed by atoms with E-state index in [0.29, 0.717) is 39.0 Å². The molecule has 128 valence electrons. The highest BCUT2D eigenvalue weighted by molar-refractivity contribution is 5.86. The van der Waals surface area contributed by atoms with Gasteiger partial charge in [0.15, 0.2) is 6.20 Å². The Labute approximate surface area is 138 Å². The number of pyridine rings is 1. The molecule has 1 aromatic rings. The van der Waals surface area contributed by atoms with Crippen molar-refractivity contribution in [3.05, 3.63) is 28.4 Å². The molecule has 9 heteroatoms. The van der Waals surface area contributed by atoms with E-state index in [-0.39, 0.29) is 11.6 Å². The molecule has 0 unspecified atom stereocenters. The third-order valence-corrected chi connectivity index (χ3v) is 4.82. The fourth-order valence-corrected chi connectivity index (χ4v) is 3.20. The quantitative estimate of drug-likeness (QED) is 0.505. The minimum Gasteiger partial charge on any atom is -0.550 e. The number of anilines is 1. The summed E-state index contributed by atoms with van der Waals surface area (Å²) in [6.45, 7) is 2.17. The average molecular weight is 334 g/mol. The third-order valence-electron chi connectivity index (χ3n) is 4.82. The Morgan fingerprint density at radius 3 is 2.25 bits per heavy atom. The number of nitrogens with one attached hydrogen (secondary N) is 1. The molecule has 9 nitrogen and oxygen atoms in total. The van der Waals surface area contributed by atoms with Gasteiger partial charge in [0.1, 0.15) is 13.1 Å². The Bertz CT molecular complexity index is 654. The van der Waals surface area contributed by atoms with Gasteiger partial charge < -0.3 is 14.8 Å². The van der Waals surface area contributed by atoms with Gasteiger partial charge in [0.05, 0.1) is 18.0 Å². The molecule has 3 rings (SSSR count). The zero-order valence-corrected chi connectivity index (χ0v) is 13.0. The lowest BCUT2D eigenvalue weighted by Crippen LogP contribution is -2.55. The summed E-state index contributed by atoms with van der Waals surface area (Å²) < 4.78 is 0. The number of carboxylic acids is 1. The van der Waals surface area contributed by atoms with Gasteiger partial charge in [-0.05, 0) is 12.8 Å². The molecular formula is C15H18N4O5. The predicted octanol–water partition coefficient (Wildman–Crippen LogP) is -1.17. The van der Waals surface area contributed by atoms with Crippen LogP contribution in [0.3, 0.4) is 0 Å². The summed E-state index contributed by atoms with van der Waals surface area (Å²) in [6, 6.07) is 3.08. The molecule has 2 aliphatic rings. The highest BCUT2D eigenvalue weighted by Crippen LogP contribution is 2.35. The van der Waals surface area contributed by atoms with Crippen LogP contribution in [0.25, 0.3) is 0 Å². The van der Waals surface area contributed by atoms with E-state index < -0.39 is 22.7 Å². The lowest BCUT2D eigenvalue weighted by Gasteiger charge is -2.40. The van der Waals surface area contributed by atoms with E-state index in [1.807, 2.05) is 4.90 Å². The lowest BCUT2D eigenvalue weighted by molar-refractivity contribution is -0.414. The molecule has 2 fully saturated rings. The molecule has 0 radical (unpaired) electrons. The summed E-state index contributed by atoms with van der Waals surface area (Å²) in [7, 11) is 0. The number of piperazine rings is 1. The van der Waals surface area contributed by atoms with E-state index in [1.54, 1.807) is 11.0 Å². The number of hydrogen-bond donors (Lipinski definition) is 0. The summed E-state index contributed by atoms with van der Waals surface area (Å²) in [5.41, 5.74) is -0.00845. The number of hydrogen-bond acceptors (Lipinski definition) is 6. The number of carboxylic acid groups (broad SMARTS) is 1. The van der Waals surface area contributed by atoms with Crippen LogP contribution in [0.4, 0.5) is 11.5 Å². The van der Waals surface area contributed by atoms with Crippen molar-refractivity contribution < 1.29 is 24.6 Å². The van der Waals surface area contributed by atoms with Gasteiger partial charge >= 0.3 is 5.69 Å². The molecule has 1 amide bonds. The molecule has 0 bridgehead atoms. The second kappa shape index (κ2) is 6.42. The fraction of sp³-hybridized carbons (Fsp3) is 0.533. The molecule has 1 saturated carbocycles. The van der Waals surface area contributed by atoms with E-state index in [1.165, 1.54) is 12.3 Å². The first kappa shape index (κ1) is 16.2. The molecule has 1 N–H and O–H groups in total. The minimum absolute atomic E-state index is 0.00845. The molecule has 1 aromatic heterocycles. The number of H-pyrrole nitrogens is 1. The topological polar surface area (TPSA) is 121 Å². The number of carbonyl (C=O) groups is 2. The lowest BCUT2D eigenvalue weighted by atomic mass is 9.73. The molecule has 0 aromatic carbocycles. The first-order valence-corrected chi connectivity index (χ1v) is 7.88. The summed E-state index contributed by atoms with van der Waals surface area (Å²) in [5.74, 6) is -1.60. The first-order chi connectivity index (χ1) is 11.5. The Balaban J connectivity index is 1.56. The van der Waals surface area contributed by atoms with Gasteiger partial charge in [-0.1, -0.05) is 0 Å². The van der Waals surface area contributed by atoms with Gasteiger partial charge in [0.2, 0.25) is 5.91 Å². The van der Waals surface area contributed by atoms with Crippen LogP contribution in [0.2, 0.25) is 0 Å². The summed E-state index contributed by atoms with van der Waals surface area (Å²) in [5, 5.41) is 21.6. The Kier molecular flexibility index (Phi) is 4.32. The van der Waals surface area contributed by atoms with Crippen LogP contribution in [0, 0.1) is 22.0 Å². The van der Waals surface area contributed by atoms with Crippen molar-refractivity contribution in [2.45, 2.75) is 12.8 Å². The van der Waals surface area contributed by atoms with Crippen LogP contribution in [0.1, 0.15) is 12.8 Å².